The van der Waals surface area contributed by atoms with E-state index in [-0.39, 0.29) is 23.7 Å². The second-order valence-electron chi connectivity index (χ2n) is 4.26. The molecule has 0 fully saturated rings. The number of ether oxygens (including phenoxy) is 1. The number of imidazole rings is 1. The molecule has 0 aliphatic carbocycles. The molecule has 1 heterocycles. The molecule has 0 aliphatic rings. The Bertz CT molecular complexity index is 702. The average molecular weight is 370 g/mol. The van der Waals surface area contributed by atoms with E-state index in [9.17, 15) is 14.0 Å². The van der Waals surface area contributed by atoms with Gasteiger partial charge in [-0.1, -0.05) is 15.9 Å². The van der Waals surface area contributed by atoms with E-state index in [4.69, 9.17) is 4.74 Å². The summed E-state index contributed by atoms with van der Waals surface area (Å²) in [4.78, 5) is 30.1. The Morgan fingerprint density at radius 3 is 2.82 bits per heavy atom. The monoisotopic (exact) mass is 369 g/mol. The van der Waals surface area contributed by atoms with E-state index in [1.807, 2.05) is 0 Å². The first kappa shape index (κ1) is 16.2. The molecule has 0 spiro atoms. The number of halogens is 2. The minimum atomic E-state index is -0.767. The number of anilines is 1. The molecule has 6 nitrogen and oxygen atoms in total. The molecule has 1 amide bonds. The first-order chi connectivity index (χ1) is 10.5. The number of nitrogens with one attached hydrogen (secondary N) is 2. The smallest absolute Gasteiger partial charge is 0.341 e. The van der Waals surface area contributed by atoms with Gasteiger partial charge in [0, 0.05) is 22.9 Å². The van der Waals surface area contributed by atoms with Gasteiger partial charge in [-0.15, -0.1) is 0 Å². The molecule has 0 aliphatic heterocycles. The molecule has 8 heteroatoms. The van der Waals surface area contributed by atoms with Crippen molar-refractivity contribution in [3.05, 3.63) is 47.3 Å². The number of carbonyl (C=O) groups is 2. The van der Waals surface area contributed by atoms with Crippen molar-refractivity contribution < 1.29 is 18.7 Å². The first-order valence-electron chi connectivity index (χ1n) is 6.43. The summed E-state index contributed by atoms with van der Waals surface area (Å²) >= 11 is 3.23. The highest BCUT2D eigenvalue weighted by Crippen LogP contribution is 2.16. The van der Waals surface area contributed by atoms with E-state index in [1.54, 1.807) is 6.92 Å². The maximum Gasteiger partial charge on any atom is 0.341 e. The number of alkyl halides is 1. The lowest BCUT2D eigenvalue weighted by Crippen LogP contribution is -2.14. The summed E-state index contributed by atoms with van der Waals surface area (Å²) in [5.41, 5.74) is 0.778. The molecule has 1 aromatic carbocycles. The van der Waals surface area contributed by atoms with E-state index in [0.29, 0.717) is 5.33 Å². The fraction of sp³-hybridized carbons (Fsp3) is 0.214. The molecular formula is C14H13BrFN3O3. The van der Waals surface area contributed by atoms with Crippen LogP contribution in [0.4, 0.5) is 10.1 Å². The number of esters is 1. The third-order valence-electron chi connectivity index (χ3n) is 2.71. The third kappa shape index (κ3) is 3.70. The summed E-state index contributed by atoms with van der Waals surface area (Å²) in [6.07, 6.45) is 1.52. The normalized spacial score (nSPS) is 10.3. The van der Waals surface area contributed by atoms with Crippen LogP contribution in [0.15, 0.2) is 24.4 Å². The van der Waals surface area contributed by atoms with Gasteiger partial charge >= 0.3 is 5.97 Å². The molecular weight excluding hydrogens is 357 g/mol. The van der Waals surface area contributed by atoms with Gasteiger partial charge in [-0.2, -0.15) is 0 Å². The number of nitrogens with zero attached hydrogens (tertiary/aromatic N) is 1. The molecule has 0 atom stereocenters. The van der Waals surface area contributed by atoms with Crippen molar-refractivity contribution in [1.82, 2.24) is 9.97 Å². The number of aromatic amines is 1. The van der Waals surface area contributed by atoms with Crippen LogP contribution in [0.25, 0.3) is 0 Å². The topological polar surface area (TPSA) is 84.1 Å². The zero-order valence-electron chi connectivity index (χ0n) is 11.7. The van der Waals surface area contributed by atoms with Crippen LogP contribution in [-0.4, -0.2) is 28.5 Å². The summed E-state index contributed by atoms with van der Waals surface area (Å²) in [5.74, 6) is -1.90. The minimum absolute atomic E-state index is 0.115. The van der Waals surface area contributed by atoms with Gasteiger partial charge in [0.05, 0.1) is 12.2 Å². The van der Waals surface area contributed by atoms with Crippen LogP contribution < -0.4 is 5.32 Å². The van der Waals surface area contributed by atoms with Gasteiger partial charge in [-0.3, -0.25) is 4.79 Å². The summed E-state index contributed by atoms with van der Waals surface area (Å²) < 4.78 is 18.6. The fourth-order valence-electron chi connectivity index (χ4n) is 1.70. The maximum atomic E-state index is 13.9. The average Bonchev–Trinajstić information content (AvgIpc) is 2.96. The molecule has 0 saturated carbocycles. The van der Waals surface area contributed by atoms with Gasteiger partial charge in [-0.05, 0) is 25.1 Å². The number of amides is 1. The van der Waals surface area contributed by atoms with E-state index < -0.39 is 17.7 Å². The molecule has 1 aromatic heterocycles. The number of aromatic nitrogens is 2. The van der Waals surface area contributed by atoms with Crippen LogP contribution in [0.3, 0.4) is 0 Å². The SMILES string of the molecule is CCOC(=O)c1ccc(NC(=O)c2ncc(CBr)[nH]2)cc1F. The Morgan fingerprint density at radius 2 is 2.23 bits per heavy atom. The lowest BCUT2D eigenvalue weighted by Gasteiger charge is -2.06. The third-order valence-corrected chi connectivity index (χ3v) is 3.31. The number of hydrogen-bond acceptors (Lipinski definition) is 4. The number of hydrogen-bond donors (Lipinski definition) is 2. The van der Waals surface area contributed by atoms with Crippen LogP contribution in [0.2, 0.25) is 0 Å². The number of H-pyrrole nitrogens is 1. The van der Waals surface area contributed by atoms with Crippen LogP contribution in [0, 0.1) is 5.82 Å². The highest BCUT2D eigenvalue weighted by Gasteiger charge is 2.15. The van der Waals surface area contributed by atoms with Gasteiger partial charge in [-0.25, -0.2) is 14.2 Å². The van der Waals surface area contributed by atoms with E-state index in [1.165, 1.54) is 18.3 Å². The van der Waals surface area contributed by atoms with Gasteiger partial charge < -0.3 is 15.0 Å². The van der Waals surface area contributed by atoms with E-state index in [0.717, 1.165) is 11.8 Å². The standard InChI is InChI=1S/C14H13BrFN3O3/c1-2-22-14(21)10-4-3-8(5-11(10)16)19-13(20)12-17-7-9(6-15)18-12/h3-5,7H,2,6H2,1H3,(H,17,18)(H,19,20). The molecule has 2 N–H and O–H groups in total. The Balaban J connectivity index is 2.11. The fourth-order valence-corrected chi connectivity index (χ4v) is 1.98. The lowest BCUT2D eigenvalue weighted by atomic mass is 10.2. The molecule has 0 bridgehead atoms. The van der Waals surface area contributed by atoms with Crippen molar-refractivity contribution >= 4 is 33.5 Å². The summed E-state index contributed by atoms with van der Waals surface area (Å²) in [7, 11) is 0. The minimum Gasteiger partial charge on any atom is -0.462 e. The van der Waals surface area contributed by atoms with Crippen molar-refractivity contribution in [3.63, 3.8) is 0 Å². The summed E-state index contributed by atoms with van der Waals surface area (Å²) in [6.45, 7) is 1.79. The Morgan fingerprint density at radius 1 is 1.45 bits per heavy atom. The van der Waals surface area contributed by atoms with Crippen molar-refractivity contribution in [2.45, 2.75) is 12.3 Å². The molecule has 0 unspecified atom stereocenters. The molecule has 2 aromatic rings. The Hall–Kier alpha value is -2.22. The molecule has 0 radical (unpaired) electrons. The number of benzene rings is 1. The summed E-state index contributed by atoms with van der Waals surface area (Å²) in [6, 6.07) is 3.73. The highest BCUT2D eigenvalue weighted by atomic mass is 79.9. The zero-order chi connectivity index (χ0) is 16.1. The molecule has 116 valence electrons. The Labute approximate surface area is 134 Å². The highest BCUT2D eigenvalue weighted by molar-refractivity contribution is 9.08. The predicted molar refractivity (Wildman–Crippen MR) is 81.5 cm³/mol. The van der Waals surface area contributed by atoms with Crippen LogP contribution in [-0.2, 0) is 10.1 Å². The van der Waals surface area contributed by atoms with Crippen LogP contribution >= 0.6 is 15.9 Å². The number of carbonyl (C=O) groups excluding carboxylic acids is 2. The van der Waals surface area contributed by atoms with Crippen LogP contribution in [0.1, 0.15) is 33.6 Å². The maximum absolute atomic E-state index is 13.9. The Kier molecular flexibility index (Phi) is 5.26. The molecule has 2 rings (SSSR count). The van der Waals surface area contributed by atoms with Gasteiger partial charge in [0.15, 0.2) is 5.82 Å². The van der Waals surface area contributed by atoms with E-state index in [2.05, 4.69) is 31.2 Å². The van der Waals surface area contributed by atoms with E-state index >= 15 is 0 Å². The predicted octanol–water partition coefficient (Wildman–Crippen LogP) is 2.87. The molecule has 22 heavy (non-hydrogen) atoms. The van der Waals surface area contributed by atoms with Crippen LogP contribution in [0.5, 0.6) is 0 Å². The van der Waals surface area contributed by atoms with Crippen molar-refractivity contribution in [3.8, 4) is 0 Å². The second-order valence-corrected chi connectivity index (χ2v) is 4.82. The van der Waals surface area contributed by atoms with Crippen molar-refractivity contribution in [2.24, 2.45) is 0 Å². The van der Waals surface area contributed by atoms with Crippen molar-refractivity contribution in [2.75, 3.05) is 11.9 Å². The first-order valence-corrected chi connectivity index (χ1v) is 7.55. The van der Waals surface area contributed by atoms with Gasteiger partial charge in [0.1, 0.15) is 5.82 Å². The van der Waals surface area contributed by atoms with Gasteiger partial charge in [0.2, 0.25) is 0 Å². The van der Waals surface area contributed by atoms with Gasteiger partial charge in [0.25, 0.3) is 5.91 Å². The largest absolute Gasteiger partial charge is 0.462 e. The quantitative estimate of drug-likeness (QED) is 0.626. The number of rotatable bonds is 5. The second kappa shape index (κ2) is 7.17. The van der Waals surface area contributed by atoms with Crippen molar-refractivity contribution in [1.29, 1.82) is 0 Å². The lowest BCUT2D eigenvalue weighted by molar-refractivity contribution is 0.0521. The zero-order valence-corrected chi connectivity index (χ0v) is 13.2. The molecule has 0 saturated heterocycles. The summed E-state index contributed by atoms with van der Waals surface area (Å²) in [5, 5.41) is 3.03.